The Morgan fingerprint density at radius 3 is 3.11 bits per heavy atom. The van der Waals surface area contributed by atoms with E-state index in [9.17, 15) is 4.79 Å². The van der Waals surface area contributed by atoms with Gasteiger partial charge in [0.1, 0.15) is 0 Å². The lowest BCUT2D eigenvalue weighted by molar-refractivity contribution is 0.0588. The van der Waals surface area contributed by atoms with Gasteiger partial charge in [-0.05, 0) is 18.6 Å². The van der Waals surface area contributed by atoms with E-state index in [1.807, 2.05) is 18.2 Å². The Balaban J connectivity index is 2.18. The second-order valence-corrected chi connectivity index (χ2v) is 5.06. The number of benzene rings is 1. The molecule has 1 aliphatic heterocycles. The van der Waals surface area contributed by atoms with E-state index in [-0.39, 0.29) is 0 Å². The van der Waals surface area contributed by atoms with E-state index in [1.165, 1.54) is 7.11 Å². The lowest BCUT2D eigenvalue weighted by Gasteiger charge is -2.01. The SMILES string of the molecule is COC(=O)c1noc2c1CCSc1ccccc1-2. The molecule has 0 fully saturated rings. The van der Waals surface area contributed by atoms with Crippen molar-refractivity contribution in [3.8, 4) is 11.3 Å². The van der Waals surface area contributed by atoms with Crippen molar-refractivity contribution in [2.75, 3.05) is 12.9 Å². The fourth-order valence-corrected chi connectivity index (χ4v) is 3.07. The highest BCUT2D eigenvalue weighted by Gasteiger charge is 2.26. The lowest BCUT2D eigenvalue weighted by Crippen LogP contribution is -2.05. The third-order valence-corrected chi connectivity index (χ3v) is 3.98. The molecule has 2 aromatic rings. The number of hydrogen-bond donors (Lipinski definition) is 0. The summed E-state index contributed by atoms with van der Waals surface area (Å²) in [7, 11) is 1.35. The summed E-state index contributed by atoms with van der Waals surface area (Å²) in [5.74, 6) is 1.15. The second-order valence-electron chi connectivity index (χ2n) is 3.93. The van der Waals surface area contributed by atoms with Crippen LogP contribution in [0.2, 0.25) is 0 Å². The molecule has 2 heterocycles. The summed E-state index contributed by atoms with van der Waals surface area (Å²) in [6.45, 7) is 0. The van der Waals surface area contributed by atoms with E-state index < -0.39 is 5.97 Å². The molecule has 1 aliphatic rings. The highest BCUT2D eigenvalue weighted by Crippen LogP contribution is 2.38. The summed E-state index contributed by atoms with van der Waals surface area (Å²) in [4.78, 5) is 12.8. The highest BCUT2D eigenvalue weighted by molar-refractivity contribution is 7.99. The number of carbonyl (C=O) groups excluding carboxylic acids is 1. The molecule has 92 valence electrons. The van der Waals surface area contributed by atoms with E-state index in [0.717, 1.165) is 28.2 Å². The molecule has 1 aromatic heterocycles. The standard InChI is InChI=1S/C13H11NO3S/c1-16-13(15)11-9-6-7-18-10-5-3-2-4-8(10)12(9)17-14-11/h2-5H,6-7H2,1H3. The Labute approximate surface area is 108 Å². The molecule has 0 saturated carbocycles. The van der Waals surface area contributed by atoms with Crippen LogP contribution >= 0.6 is 11.8 Å². The molecular weight excluding hydrogens is 250 g/mol. The molecule has 0 atom stereocenters. The maximum absolute atomic E-state index is 11.6. The van der Waals surface area contributed by atoms with Gasteiger partial charge in [-0.1, -0.05) is 17.3 Å². The van der Waals surface area contributed by atoms with Crippen molar-refractivity contribution >= 4 is 17.7 Å². The van der Waals surface area contributed by atoms with Crippen molar-refractivity contribution in [1.29, 1.82) is 0 Å². The lowest BCUT2D eigenvalue weighted by atomic mass is 10.0. The van der Waals surface area contributed by atoms with Crippen LogP contribution in [0.1, 0.15) is 16.1 Å². The molecular formula is C13H11NO3S. The van der Waals surface area contributed by atoms with Gasteiger partial charge >= 0.3 is 5.97 Å². The Morgan fingerprint density at radius 2 is 2.28 bits per heavy atom. The third-order valence-electron chi connectivity index (χ3n) is 2.91. The largest absolute Gasteiger partial charge is 0.464 e. The van der Waals surface area contributed by atoms with Crippen LogP contribution in [0.3, 0.4) is 0 Å². The van der Waals surface area contributed by atoms with Crippen molar-refractivity contribution in [2.24, 2.45) is 0 Å². The molecule has 3 rings (SSSR count). The first kappa shape index (κ1) is 11.3. The summed E-state index contributed by atoms with van der Waals surface area (Å²) >= 11 is 1.76. The number of thioether (sulfide) groups is 1. The zero-order chi connectivity index (χ0) is 12.5. The fraction of sp³-hybridized carbons (Fsp3) is 0.231. The summed E-state index contributed by atoms with van der Waals surface area (Å²) in [6.07, 6.45) is 0.753. The third kappa shape index (κ3) is 1.71. The van der Waals surface area contributed by atoms with Gasteiger partial charge in [-0.15, -0.1) is 11.8 Å². The zero-order valence-corrected chi connectivity index (χ0v) is 10.6. The van der Waals surface area contributed by atoms with Crippen molar-refractivity contribution in [3.05, 3.63) is 35.5 Å². The number of aromatic nitrogens is 1. The van der Waals surface area contributed by atoms with E-state index in [4.69, 9.17) is 9.26 Å². The minimum Gasteiger partial charge on any atom is -0.464 e. The van der Waals surface area contributed by atoms with Gasteiger partial charge in [0.2, 0.25) is 0 Å². The molecule has 0 amide bonds. The average Bonchev–Trinajstić information content (AvgIpc) is 2.74. The Bertz CT molecular complexity index is 606. The first-order valence-corrected chi connectivity index (χ1v) is 6.59. The minimum atomic E-state index is -0.440. The zero-order valence-electron chi connectivity index (χ0n) is 9.80. The average molecular weight is 261 g/mol. The van der Waals surface area contributed by atoms with E-state index in [1.54, 1.807) is 11.8 Å². The fourth-order valence-electron chi connectivity index (χ4n) is 2.05. The number of carbonyl (C=O) groups is 1. The van der Waals surface area contributed by atoms with Gasteiger partial charge in [-0.25, -0.2) is 4.79 Å². The topological polar surface area (TPSA) is 52.3 Å². The normalized spacial score (nSPS) is 13.4. The first-order valence-electron chi connectivity index (χ1n) is 5.60. The number of hydrogen-bond acceptors (Lipinski definition) is 5. The van der Waals surface area contributed by atoms with E-state index >= 15 is 0 Å². The minimum absolute atomic E-state index is 0.296. The van der Waals surface area contributed by atoms with Crippen molar-refractivity contribution in [3.63, 3.8) is 0 Å². The molecule has 5 heteroatoms. The highest BCUT2D eigenvalue weighted by atomic mass is 32.2. The van der Waals surface area contributed by atoms with Crippen LogP contribution in [0, 0.1) is 0 Å². The molecule has 18 heavy (non-hydrogen) atoms. The summed E-state index contributed by atoms with van der Waals surface area (Å²) in [5.41, 5.74) is 2.14. The number of fused-ring (bicyclic) bond motifs is 3. The summed E-state index contributed by atoms with van der Waals surface area (Å²) in [5, 5.41) is 3.85. The van der Waals surface area contributed by atoms with E-state index in [2.05, 4.69) is 11.2 Å². The van der Waals surface area contributed by atoms with Crippen molar-refractivity contribution < 1.29 is 14.1 Å². The van der Waals surface area contributed by atoms with Gasteiger partial charge in [0, 0.05) is 21.8 Å². The molecule has 0 aliphatic carbocycles. The molecule has 0 saturated heterocycles. The van der Waals surface area contributed by atoms with E-state index in [0.29, 0.717) is 11.5 Å². The molecule has 0 bridgehead atoms. The van der Waals surface area contributed by atoms with Gasteiger partial charge in [-0.2, -0.15) is 0 Å². The van der Waals surface area contributed by atoms with Crippen LogP contribution in [0.25, 0.3) is 11.3 Å². The second kappa shape index (κ2) is 4.49. The summed E-state index contributed by atoms with van der Waals surface area (Å²) in [6, 6.07) is 7.98. The maximum Gasteiger partial charge on any atom is 0.360 e. The predicted octanol–water partition coefficient (Wildman–Crippen LogP) is 2.78. The Morgan fingerprint density at radius 1 is 1.44 bits per heavy atom. The first-order chi connectivity index (χ1) is 8.81. The number of esters is 1. The molecule has 4 nitrogen and oxygen atoms in total. The monoisotopic (exact) mass is 261 g/mol. The molecule has 0 radical (unpaired) electrons. The van der Waals surface area contributed by atoms with Crippen LogP contribution < -0.4 is 0 Å². The Kier molecular flexibility index (Phi) is 2.83. The molecule has 0 unspecified atom stereocenters. The molecule has 0 spiro atoms. The number of nitrogens with zero attached hydrogens (tertiary/aromatic N) is 1. The van der Waals surface area contributed by atoms with Crippen LogP contribution in [0.15, 0.2) is 33.7 Å². The van der Waals surface area contributed by atoms with Gasteiger partial charge in [0.15, 0.2) is 11.5 Å². The van der Waals surface area contributed by atoms with Crippen LogP contribution in [0.4, 0.5) is 0 Å². The number of methoxy groups -OCH3 is 1. The maximum atomic E-state index is 11.6. The van der Waals surface area contributed by atoms with Gasteiger partial charge in [0.25, 0.3) is 0 Å². The van der Waals surface area contributed by atoms with Gasteiger partial charge in [-0.3, -0.25) is 0 Å². The van der Waals surface area contributed by atoms with Gasteiger partial charge in [0.05, 0.1) is 7.11 Å². The number of rotatable bonds is 1. The van der Waals surface area contributed by atoms with Crippen LogP contribution in [-0.2, 0) is 11.2 Å². The van der Waals surface area contributed by atoms with Crippen molar-refractivity contribution in [2.45, 2.75) is 11.3 Å². The smallest absolute Gasteiger partial charge is 0.360 e. The quantitative estimate of drug-likeness (QED) is 0.739. The van der Waals surface area contributed by atoms with Crippen LogP contribution in [0.5, 0.6) is 0 Å². The predicted molar refractivity (Wildman–Crippen MR) is 67.7 cm³/mol. The summed E-state index contributed by atoms with van der Waals surface area (Å²) < 4.78 is 10.1. The van der Waals surface area contributed by atoms with Crippen molar-refractivity contribution in [1.82, 2.24) is 5.16 Å². The number of ether oxygens (including phenoxy) is 1. The molecule has 0 N–H and O–H groups in total. The van der Waals surface area contributed by atoms with Gasteiger partial charge < -0.3 is 9.26 Å². The van der Waals surface area contributed by atoms with Crippen LogP contribution in [-0.4, -0.2) is 24.0 Å². The molecule has 1 aromatic carbocycles. The Hall–Kier alpha value is -1.75.